The molecular weight excluding hydrogens is 214 g/mol. The SMILES string of the molecule is Cn1ccc(-c2nc(CCS)cs2)n1. The fourth-order valence-electron chi connectivity index (χ4n) is 1.18. The van der Waals surface area contributed by atoms with Gasteiger partial charge >= 0.3 is 0 Å². The number of nitrogens with zero attached hydrogens (tertiary/aromatic N) is 3. The molecule has 0 aliphatic carbocycles. The van der Waals surface area contributed by atoms with E-state index in [1.54, 1.807) is 16.0 Å². The van der Waals surface area contributed by atoms with E-state index >= 15 is 0 Å². The lowest BCUT2D eigenvalue weighted by molar-refractivity contribution is 0.770. The molecule has 0 spiro atoms. The third kappa shape index (κ3) is 1.99. The molecule has 0 aliphatic heterocycles. The fraction of sp³-hybridized carbons (Fsp3) is 0.333. The number of aryl methyl sites for hydroxylation is 2. The smallest absolute Gasteiger partial charge is 0.143 e. The van der Waals surface area contributed by atoms with Crippen LogP contribution in [-0.2, 0) is 13.5 Å². The molecule has 0 radical (unpaired) electrons. The molecule has 14 heavy (non-hydrogen) atoms. The van der Waals surface area contributed by atoms with Crippen LogP contribution in [0.1, 0.15) is 5.69 Å². The van der Waals surface area contributed by atoms with Crippen LogP contribution in [0.3, 0.4) is 0 Å². The van der Waals surface area contributed by atoms with E-state index in [4.69, 9.17) is 0 Å². The minimum Gasteiger partial charge on any atom is -0.275 e. The fourth-order valence-corrected chi connectivity index (χ4v) is 2.23. The summed E-state index contributed by atoms with van der Waals surface area (Å²) in [7, 11) is 1.91. The number of hydrogen-bond donors (Lipinski definition) is 1. The summed E-state index contributed by atoms with van der Waals surface area (Å²) in [4.78, 5) is 4.48. The van der Waals surface area contributed by atoms with Crippen molar-refractivity contribution in [2.45, 2.75) is 6.42 Å². The maximum Gasteiger partial charge on any atom is 0.143 e. The molecule has 0 saturated carbocycles. The average molecular weight is 225 g/mol. The van der Waals surface area contributed by atoms with E-state index in [1.807, 2.05) is 19.3 Å². The van der Waals surface area contributed by atoms with E-state index in [9.17, 15) is 0 Å². The third-order valence-electron chi connectivity index (χ3n) is 1.85. The highest BCUT2D eigenvalue weighted by molar-refractivity contribution is 7.80. The van der Waals surface area contributed by atoms with E-state index in [0.29, 0.717) is 0 Å². The first-order chi connectivity index (χ1) is 6.79. The summed E-state index contributed by atoms with van der Waals surface area (Å²) in [6.45, 7) is 0. The van der Waals surface area contributed by atoms with Gasteiger partial charge in [0, 0.05) is 18.6 Å². The Kier molecular flexibility index (Phi) is 2.88. The standard InChI is InChI=1S/C9H11N3S2/c1-12-4-2-8(11-12)9-10-7(3-5-13)6-14-9/h2,4,6,13H,3,5H2,1H3. The zero-order chi connectivity index (χ0) is 9.97. The molecule has 3 nitrogen and oxygen atoms in total. The van der Waals surface area contributed by atoms with Crippen LogP contribution in [0.4, 0.5) is 0 Å². The first kappa shape index (κ1) is 9.73. The molecule has 0 N–H and O–H groups in total. The molecule has 0 atom stereocenters. The minimum atomic E-state index is 0.839. The number of thiazole rings is 1. The second-order valence-electron chi connectivity index (χ2n) is 2.99. The molecule has 2 aromatic rings. The van der Waals surface area contributed by atoms with Crippen molar-refractivity contribution in [1.82, 2.24) is 14.8 Å². The summed E-state index contributed by atoms with van der Waals surface area (Å²) in [5, 5.41) is 7.36. The van der Waals surface area contributed by atoms with Gasteiger partial charge in [0.1, 0.15) is 10.7 Å². The van der Waals surface area contributed by atoms with Gasteiger partial charge in [-0.05, 0) is 18.2 Å². The molecule has 0 aromatic carbocycles. The van der Waals surface area contributed by atoms with Crippen LogP contribution < -0.4 is 0 Å². The number of aromatic nitrogens is 3. The van der Waals surface area contributed by atoms with Crippen LogP contribution >= 0.6 is 24.0 Å². The van der Waals surface area contributed by atoms with E-state index < -0.39 is 0 Å². The largest absolute Gasteiger partial charge is 0.275 e. The Morgan fingerprint density at radius 3 is 3.07 bits per heavy atom. The van der Waals surface area contributed by atoms with Gasteiger partial charge in [-0.3, -0.25) is 4.68 Å². The molecule has 74 valence electrons. The molecule has 0 saturated heterocycles. The molecule has 2 rings (SSSR count). The Morgan fingerprint density at radius 1 is 1.57 bits per heavy atom. The van der Waals surface area contributed by atoms with Crippen LogP contribution in [0.25, 0.3) is 10.7 Å². The topological polar surface area (TPSA) is 30.7 Å². The highest BCUT2D eigenvalue weighted by Crippen LogP contribution is 2.21. The van der Waals surface area contributed by atoms with Gasteiger partial charge < -0.3 is 0 Å². The summed E-state index contributed by atoms with van der Waals surface area (Å²) in [6, 6.07) is 1.98. The lowest BCUT2D eigenvalue weighted by Crippen LogP contribution is -1.89. The molecule has 0 aliphatic rings. The molecule has 0 unspecified atom stereocenters. The van der Waals surface area contributed by atoms with Crippen molar-refractivity contribution in [3.8, 4) is 10.7 Å². The van der Waals surface area contributed by atoms with E-state index in [1.165, 1.54) is 0 Å². The Bertz CT molecular complexity index is 419. The first-order valence-electron chi connectivity index (χ1n) is 4.35. The lowest BCUT2D eigenvalue weighted by Gasteiger charge is -1.89. The Labute approximate surface area is 92.2 Å². The summed E-state index contributed by atoms with van der Waals surface area (Å²) < 4.78 is 1.79. The summed E-state index contributed by atoms with van der Waals surface area (Å²) in [5.74, 6) is 0.839. The van der Waals surface area contributed by atoms with Crippen molar-refractivity contribution >= 4 is 24.0 Å². The Balaban J connectivity index is 2.24. The van der Waals surface area contributed by atoms with Crippen LogP contribution in [0.15, 0.2) is 17.6 Å². The highest BCUT2D eigenvalue weighted by Gasteiger charge is 2.06. The zero-order valence-electron chi connectivity index (χ0n) is 7.84. The zero-order valence-corrected chi connectivity index (χ0v) is 9.55. The van der Waals surface area contributed by atoms with E-state index in [-0.39, 0.29) is 0 Å². The van der Waals surface area contributed by atoms with Gasteiger partial charge in [0.25, 0.3) is 0 Å². The second kappa shape index (κ2) is 4.14. The maximum atomic E-state index is 4.48. The molecule has 0 bridgehead atoms. The molecule has 2 heterocycles. The van der Waals surface area contributed by atoms with Gasteiger partial charge in [0.05, 0.1) is 5.69 Å². The first-order valence-corrected chi connectivity index (χ1v) is 5.86. The van der Waals surface area contributed by atoms with Crippen LogP contribution in [0.5, 0.6) is 0 Å². The van der Waals surface area contributed by atoms with Crippen LogP contribution in [-0.4, -0.2) is 20.5 Å². The molecule has 2 aromatic heterocycles. The van der Waals surface area contributed by atoms with Crippen LogP contribution in [0.2, 0.25) is 0 Å². The van der Waals surface area contributed by atoms with Crippen molar-refractivity contribution in [1.29, 1.82) is 0 Å². The molecule has 5 heteroatoms. The summed E-state index contributed by atoms with van der Waals surface area (Å²) in [6.07, 6.45) is 2.85. The average Bonchev–Trinajstić information content (AvgIpc) is 2.74. The van der Waals surface area contributed by atoms with Gasteiger partial charge in [0.2, 0.25) is 0 Å². The van der Waals surface area contributed by atoms with Gasteiger partial charge in [-0.25, -0.2) is 4.98 Å². The Morgan fingerprint density at radius 2 is 2.43 bits per heavy atom. The van der Waals surface area contributed by atoms with Crippen molar-refractivity contribution < 1.29 is 0 Å². The highest BCUT2D eigenvalue weighted by atomic mass is 32.1. The summed E-state index contributed by atoms with van der Waals surface area (Å²) >= 11 is 5.81. The predicted octanol–water partition coefficient (Wildman–Crippen LogP) is 2.02. The van der Waals surface area contributed by atoms with Crippen molar-refractivity contribution in [2.24, 2.45) is 7.05 Å². The number of hydrogen-bond acceptors (Lipinski definition) is 4. The van der Waals surface area contributed by atoms with Gasteiger partial charge in [0.15, 0.2) is 0 Å². The maximum absolute atomic E-state index is 4.48. The normalized spacial score (nSPS) is 10.7. The summed E-state index contributed by atoms with van der Waals surface area (Å²) in [5.41, 5.74) is 2.05. The van der Waals surface area contributed by atoms with Gasteiger partial charge in [-0.15, -0.1) is 11.3 Å². The van der Waals surface area contributed by atoms with Gasteiger partial charge in [-0.1, -0.05) is 0 Å². The lowest BCUT2D eigenvalue weighted by atomic mass is 10.4. The minimum absolute atomic E-state index is 0.839. The van der Waals surface area contributed by atoms with Crippen molar-refractivity contribution in [3.05, 3.63) is 23.3 Å². The van der Waals surface area contributed by atoms with Crippen LogP contribution in [0, 0.1) is 0 Å². The van der Waals surface area contributed by atoms with Crippen molar-refractivity contribution in [2.75, 3.05) is 5.75 Å². The number of rotatable bonds is 3. The van der Waals surface area contributed by atoms with E-state index in [2.05, 4.69) is 28.1 Å². The predicted molar refractivity (Wildman–Crippen MR) is 61.9 cm³/mol. The van der Waals surface area contributed by atoms with Gasteiger partial charge in [-0.2, -0.15) is 17.7 Å². The third-order valence-corrected chi connectivity index (χ3v) is 2.99. The quantitative estimate of drug-likeness (QED) is 0.810. The monoisotopic (exact) mass is 225 g/mol. The second-order valence-corrected chi connectivity index (χ2v) is 4.30. The van der Waals surface area contributed by atoms with E-state index in [0.717, 1.165) is 28.6 Å². The molecule has 0 fully saturated rings. The Hall–Kier alpha value is -0.810. The number of thiol groups is 1. The van der Waals surface area contributed by atoms with Crippen molar-refractivity contribution in [3.63, 3.8) is 0 Å². The molecule has 0 amide bonds. The molecular formula is C9H11N3S2.